The summed E-state index contributed by atoms with van der Waals surface area (Å²) in [6, 6.07) is 4.52. The highest BCUT2D eigenvalue weighted by Gasteiger charge is 2.21. The van der Waals surface area contributed by atoms with Crippen LogP contribution in [0.3, 0.4) is 0 Å². The van der Waals surface area contributed by atoms with Crippen LogP contribution in [-0.2, 0) is 7.05 Å². The molecule has 1 fully saturated rings. The van der Waals surface area contributed by atoms with Crippen molar-refractivity contribution in [3.05, 3.63) is 29.0 Å². The van der Waals surface area contributed by atoms with E-state index >= 15 is 0 Å². The van der Waals surface area contributed by atoms with Gasteiger partial charge in [0.25, 0.3) is 0 Å². The smallest absolute Gasteiger partial charge is 0.228 e. The van der Waals surface area contributed by atoms with Crippen LogP contribution in [0.2, 0.25) is 5.02 Å². The lowest BCUT2D eigenvalue weighted by Crippen LogP contribution is -2.29. The Morgan fingerprint density at radius 3 is 2.88 bits per heavy atom. The number of hydrogen-bond acceptors (Lipinski definition) is 6. The van der Waals surface area contributed by atoms with Gasteiger partial charge in [-0.15, -0.1) is 0 Å². The summed E-state index contributed by atoms with van der Waals surface area (Å²) in [5.74, 6) is 0.577. The Hall–Kier alpha value is -2.45. The Labute approximate surface area is 155 Å². The molecule has 2 aromatic heterocycles. The van der Waals surface area contributed by atoms with E-state index in [1.165, 1.54) is 6.07 Å². The third-order valence-corrected chi connectivity index (χ3v) is 4.83. The molecule has 3 heterocycles. The van der Waals surface area contributed by atoms with Gasteiger partial charge >= 0.3 is 0 Å². The number of hydrogen-bond donors (Lipinski definition) is 2. The molecule has 0 spiro atoms. The van der Waals surface area contributed by atoms with Crippen LogP contribution in [0, 0.1) is 5.82 Å². The van der Waals surface area contributed by atoms with Gasteiger partial charge in [-0.2, -0.15) is 10.1 Å². The first-order chi connectivity index (χ1) is 12.5. The van der Waals surface area contributed by atoms with Crippen molar-refractivity contribution in [3.63, 3.8) is 0 Å². The standard InChI is InChI=1S/C17H19ClFN7/c1-25-15(20)13-14(10-3-4-12(19)11(18)9-10)22-17(23-16(13)24-25)26-7-2-5-21-6-8-26/h3-4,9,21H,2,5-8,20H2,1H3. The van der Waals surface area contributed by atoms with Gasteiger partial charge in [-0.1, -0.05) is 11.6 Å². The fraction of sp³-hybridized carbons (Fsp3) is 0.353. The molecule has 1 aliphatic heterocycles. The predicted molar refractivity (Wildman–Crippen MR) is 101 cm³/mol. The molecule has 7 nitrogen and oxygen atoms in total. The highest BCUT2D eigenvalue weighted by Crippen LogP contribution is 2.33. The number of fused-ring (bicyclic) bond motifs is 1. The molecule has 9 heteroatoms. The zero-order valence-electron chi connectivity index (χ0n) is 14.3. The van der Waals surface area contributed by atoms with Crippen LogP contribution in [0.4, 0.5) is 16.2 Å². The van der Waals surface area contributed by atoms with Crippen molar-refractivity contribution in [2.75, 3.05) is 36.8 Å². The molecule has 0 aliphatic carbocycles. The topological polar surface area (TPSA) is 84.9 Å². The number of nitrogens with zero attached hydrogens (tertiary/aromatic N) is 5. The Bertz CT molecular complexity index is 963. The van der Waals surface area contributed by atoms with Gasteiger partial charge in [-0.3, -0.25) is 4.68 Å². The van der Waals surface area contributed by atoms with Gasteiger partial charge in [-0.25, -0.2) is 9.37 Å². The number of benzene rings is 1. The van der Waals surface area contributed by atoms with Crippen LogP contribution < -0.4 is 16.0 Å². The van der Waals surface area contributed by atoms with Gasteiger partial charge in [0.05, 0.1) is 16.1 Å². The molecule has 136 valence electrons. The van der Waals surface area contributed by atoms with E-state index < -0.39 is 5.82 Å². The minimum atomic E-state index is -0.473. The summed E-state index contributed by atoms with van der Waals surface area (Å²) in [5.41, 5.74) is 7.99. The minimum absolute atomic E-state index is 0.0391. The van der Waals surface area contributed by atoms with Gasteiger partial charge in [0, 0.05) is 32.2 Å². The van der Waals surface area contributed by atoms with Crippen molar-refractivity contribution >= 4 is 34.4 Å². The van der Waals surface area contributed by atoms with E-state index in [9.17, 15) is 4.39 Å². The molecule has 3 aromatic rings. The lowest BCUT2D eigenvalue weighted by Gasteiger charge is -2.20. The number of aryl methyl sites for hydroxylation is 1. The molecule has 4 rings (SSSR count). The van der Waals surface area contributed by atoms with Crippen LogP contribution in [0.25, 0.3) is 22.3 Å². The third-order valence-electron chi connectivity index (χ3n) is 4.54. The van der Waals surface area contributed by atoms with Gasteiger partial charge in [0.2, 0.25) is 5.95 Å². The van der Waals surface area contributed by atoms with Crippen molar-refractivity contribution in [3.8, 4) is 11.3 Å². The van der Waals surface area contributed by atoms with E-state index in [2.05, 4.69) is 20.3 Å². The molecule has 0 unspecified atom stereocenters. The minimum Gasteiger partial charge on any atom is -0.383 e. The van der Waals surface area contributed by atoms with E-state index in [0.717, 1.165) is 32.6 Å². The summed E-state index contributed by atoms with van der Waals surface area (Å²) in [7, 11) is 1.76. The first-order valence-corrected chi connectivity index (χ1v) is 8.83. The van der Waals surface area contributed by atoms with Gasteiger partial charge < -0.3 is 16.0 Å². The number of aromatic nitrogens is 4. The summed E-state index contributed by atoms with van der Waals surface area (Å²) < 4.78 is 15.2. The summed E-state index contributed by atoms with van der Waals surface area (Å²) in [6.07, 6.45) is 1.00. The third kappa shape index (κ3) is 2.95. The summed E-state index contributed by atoms with van der Waals surface area (Å²) in [4.78, 5) is 11.5. The fourth-order valence-electron chi connectivity index (χ4n) is 3.14. The highest BCUT2D eigenvalue weighted by atomic mass is 35.5. The number of nitrogens with one attached hydrogen (secondary N) is 1. The fourth-order valence-corrected chi connectivity index (χ4v) is 3.32. The Morgan fingerprint density at radius 2 is 2.08 bits per heavy atom. The van der Waals surface area contributed by atoms with Crippen LogP contribution >= 0.6 is 11.6 Å². The Kier molecular flexibility index (Phi) is 4.37. The summed E-state index contributed by atoms with van der Waals surface area (Å²) in [5, 5.41) is 8.45. The average Bonchev–Trinajstić information content (AvgIpc) is 2.83. The molecule has 1 aliphatic rings. The van der Waals surface area contributed by atoms with Crippen LogP contribution in [0.15, 0.2) is 18.2 Å². The van der Waals surface area contributed by atoms with E-state index in [0.29, 0.717) is 34.1 Å². The first kappa shape index (κ1) is 17.0. The molecular weight excluding hydrogens is 357 g/mol. The van der Waals surface area contributed by atoms with E-state index in [-0.39, 0.29) is 5.02 Å². The molecule has 0 atom stereocenters. The predicted octanol–water partition coefficient (Wildman–Crippen LogP) is 2.20. The number of nitrogen functional groups attached to an aromatic ring is 1. The maximum Gasteiger partial charge on any atom is 0.228 e. The molecule has 0 bridgehead atoms. The van der Waals surface area contributed by atoms with Gasteiger partial charge in [-0.05, 0) is 31.2 Å². The SMILES string of the molecule is Cn1nc2nc(N3CCCNCC3)nc(-c3ccc(F)c(Cl)c3)c2c1N. The highest BCUT2D eigenvalue weighted by molar-refractivity contribution is 6.31. The largest absolute Gasteiger partial charge is 0.383 e. The van der Waals surface area contributed by atoms with Gasteiger partial charge in [0.15, 0.2) is 5.65 Å². The summed E-state index contributed by atoms with van der Waals surface area (Å²) in [6.45, 7) is 3.49. The van der Waals surface area contributed by atoms with Crippen LogP contribution in [-0.4, -0.2) is 45.9 Å². The maximum atomic E-state index is 13.6. The Balaban J connectivity index is 1.92. The van der Waals surface area contributed by atoms with Crippen molar-refractivity contribution in [2.45, 2.75) is 6.42 Å². The molecular formula is C17H19ClFN7. The van der Waals surface area contributed by atoms with Crippen molar-refractivity contribution in [1.82, 2.24) is 25.1 Å². The van der Waals surface area contributed by atoms with E-state index in [1.54, 1.807) is 23.9 Å². The monoisotopic (exact) mass is 375 g/mol. The molecule has 3 N–H and O–H groups in total. The second kappa shape index (κ2) is 6.69. The van der Waals surface area contributed by atoms with Crippen molar-refractivity contribution in [2.24, 2.45) is 7.05 Å². The lowest BCUT2D eigenvalue weighted by atomic mass is 10.1. The molecule has 0 saturated carbocycles. The maximum absolute atomic E-state index is 13.6. The zero-order chi connectivity index (χ0) is 18.3. The number of nitrogens with two attached hydrogens (primary N) is 1. The quantitative estimate of drug-likeness (QED) is 0.714. The van der Waals surface area contributed by atoms with Crippen molar-refractivity contribution < 1.29 is 4.39 Å². The molecule has 1 saturated heterocycles. The average molecular weight is 376 g/mol. The second-order valence-corrected chi connectivity index (χ2v) is 6.71. The Morgan fingerprint density at radius 1 is 1.23 bits per heavy atom. The van der Waals surface area contributed by atoms with Gasteiger partial charge in [0.1, 0.15) is 11.6 Å². The molecule has 26 heavy (non-hydrogen) atoms. The normalized spacial score (nSPS) is 15.4. The van der Waals surface area contributed by atoms with Crippen LogP contribution in [0.1, 0.15) is 6.42 Å². The number of anilines is 2. The van der Waals surface area contributed by atoms with E-state index in [4.69, 9.17) is 22.3 Å². The van der Waals surface area contributed by atoms with Crippen molar-refractivity contribution in [1.29, 1.82) is 0 Å². The second-order valence-electron chi connectivity index (χ2n) is 6.30. The van der Waals surface area contributed by atoms with E-state index in [1.807, 2.05) is 0 Å². The zero-order valence-corrected chi connectivity index (χ0v) is 15.1. The molecule has 0 radical (unpaired) electrons. The first-order valence-electron chi connectivity index (χ1n) is 8.46. The van der Waals surface area contributed by atoms with Crippen LogP contribution in [0.5, 0.6) is 0 Å². The number of halogens is 2. The molecule has 1 aromatic carbocycles. The lowest BCUT2D eigenvalue weighted by molar-refractivity contribution is 0.628. The molecule has 0 amide bonds. The number of rotatable bonds is 2. The summed E-state index contributed by atoms with van der Waals surface area (Å²) >= 11 is 5.98.